The summed E-state index contributed by atoms with van der Waals surface area (Å²) >= 11 is 0. The van der Waals surface area contributed by atoms with Crippen LogP contribution in [0.1, 0.15) is 59.5 Å². The van der Waals surface area contributed by atoms with Crippen LogP contribution in [0.15, 0.2) is 41.5 Å². The minimum atomic E-state index is -0.312. The fourth-order valence-corrected chi connectivity index (χ4v) is 3.60. The Morgan fingerprint density at radius 3 is 2.79 bits per heavy atom. The van der Waals surface area contributed by atoms with Crippen LogP contribution in [-0.4, -0.2) is 23.8 Å². The highest BCUT2D eigenvalue weighted by atomic mass is 16.2. The molecule has 1 unspecified atom stereocenters. The largest absolute Gasteiger partial charge is 0.310 e. The SMILES string of the molecule is CCc1ncccc1C1C(=O)NC(=NC)c2ccc(C3CC3)cc21. The van der Waals surface area contributed by atoms with Crippen molar-refractivity contribution < 1.29 is 4.79 Å². The second-order valence-corrected chi connectivity index (χ2v) is 6.51. The Morgan fingerprint density at radius 2 is 2.08 bits per heavy atom. The highest BCUT2D eigenvalue weighted by Crippen LogP contribution is 2.42. The number of aliphatic imine (C=N–C) groups is 1. The Hall–Kier alpha value is -2.49. The molecule has 1 fully saturated rings. The summed E-state index contributed by atoms with van der Waals surface area (Å²) < 4.78 is 0. The highest BCUT2D eigenvalue weighted by molar-refractivity contribution is 6.15. The molecule has 0 radical (unpaired) electrons. The van der Waals surface area contributed by atoms with Crippen molar-refractivity contribution >= 4 is 11.7 Å². The number of rotatable bonds is 3. The van der Waals surface area contributed by atoms with Gasteiger partial charge in [-0.1, -0.05) is 31.2 Å². The van der Waals surface area contributed by atoms with Crippen molar-refractivity contribution in [3.63, 3.8) is 0 Å². The number of nitrogens with zero attached hydrogens (tertiary/aromatic N) is 2. The first-order valence-corrected chi connectivity index (χ1v) is 8.58. The number of nitrogens with one attached hydrogen (secondary N) is 1. The number of carbonyl (C=O) groups is 1. The Balaban J connectivity index is 1.91. The van der Waals surface area contributed by atoms with E-state index in [1.165, 1.54) is 18.4 Å². The molecule has 1 aromatic carbocycles. The van der Waals surface area contributed by atoms with Crippen molar-refractivity contribution in [3.8, 4) is 0 Å². The lowest BCUT2D eigenvalue weighted by Crippen LogP contribution is -2.41. The molecule has 2 heterocycles. The molecular formula is C20H21N3O. The van der Waals surface area contributed by atoms with Gasteiger partial charge in [0.2, 0.25) is 5.91 Å². The molecule has 1 N–H and O–H groups in total. The molecule has 1 aliphatic carbocycles. The third-order valence-electron chi connectivity index (χ3n) is 4.99. The van der Waals surface area contributed by atoms with Gasteiger partial charge in [-0.2, -0.15) is 0 Å². The van der Waals surface area contributed by atoms with E-state index >= 15 is 0 Å². The van der Waals surface area contributed by atoms with Crippen molar-refractivity contribution in [1.29, 1.82) is 0 Å². The molecule has 1 amide bonds. The maximum atomic E-state index is 12.9. The molecule has 1 saturated carbocycles. The van der Waals surface area contributed by atoms with Gasteiger partial charge < -0.3 is 5.32 Å². The number of aryl methyl sites for hydroxylation is 1. The molecule has 0 spiro atoms. The average molecular weight is 319 g/mol. The average Bonchev–Trinajstić information content (AvgIpc) is 3.45. The Morgan fingerprint density at radius 1 is 1.25 bits per heavy atom. The summed E-state index contributed by atoms with van der Waals surface area (Å²) in [5.41, 5.74) is 5.41. The summed E-state index contributed by atoms with van der Waals surface area (Å²) in [6.07, 6.45) is 5.10. The van der Waals surface area contributed by atoms with Crippen molar-refractivity contribution in [1.82, 2.24) is 10.3 Å². The number of hydrogen-bond acceptors (Lipinski definition) is 3. The number of benzene rings is 1. The van der Waals surface area contributed by atoms with Crippen LogP contribution in [0.2, 0.25) is 0 Å². The predicted molar refractivity (Wildman–Crippen MR) is 94.5 cm³/mol. The molecule has 4 rings (SSSR count). The molecule has 4 heteroatoms. The number of pyridine rings is 1. The minimum absolute atomic E-state index is 0.0150. The molecule has 122 valence electrons. The first kappa shape index (κ1) is 15.1. The summed E-state index contributed by atoms with van der Waals surface area (Å²) in [4.78, 5) is 21.6. The van der Waals surface area contributed by atoms with Gasteiger partial charge in [-0.25, -0.2) is 0 Å². The standard InChI is InChI=1S/C20H21N3O/c1-3-17-15(5-4-10-22-17)18-16-11-13(12-6-7-12)8-9-14(16)19(21-2)23-20(18)24/h4-5,8-12,18H,3,6-7H2,1-2H3,(H,21,23,24). The van der Waals surface area contributed by atoms with Gasteiger partial charge in [0, 0.05) is 24.5 Å². The first-order valence-electron chi connectivity index (χ1n) is 8.58. The summed E-state index contributed by atoms with van der Waals surface area (Å²) in [7, 11) is 1.72. The van der Waals surface area contributed by atoms with Crippen molar-refractivity contribution in [3.05, 3.63) is 64.5 Å². The van der Waals surface area contributed by atoms with Gasteiger partial charge in [0.05, 0.1) is 5.92 Å². The van der Waals surface area contributed by atoms with Crippen LogP contribution in [0.25, 0.3) is 0 Å². The molecule has 2 aromatic rings. The first-order chi connectivity index (χ1) is 11.7. The van der Waals surface area contributed by atoms with E-state index in [2.05, 4.69) is 40.4 Å². The summed E-state index contributed by atoms with van der Waals surface area (Å²) in [6, 6.07) is 10.4. The monoisotopic (exact) mass is 319 g/mol. The van der Waals surface area contributed by atoms with E-state index in [1.54, 1.807) is 13.2 Å². The van der Waals surface area contributed by atoms with E-state index in [1.807, 2.05) is 12.1 Å². The van der Waals surface area contributed by atoms with Gasteiger partial charge in [0.15, 0.2) is 0 Å². The van der Waals surface area contributed by atoms with Crippen LogP contribution >= 0.6 is 0 Å². The fourth-order valence-electron chi connectivity index (χ4n) is 3.60. The number of carbonyl (C=O) groups excluding carboxylic acids is 1. The molecule has 0 bridgehead atoms. The number of fused-ring (bicyclic) bond motifs is 1. The molecule has 4 nitrogen and oxygen atoms in total. The molecule has 1 aromatic heterocycles. The predicted octanol–water partition coefficient (Wildman–Crippen LogP) is 3.16. The van der Waals surface area contributed by atoms with Crippen LogP contribution in [0.4, 0.5) is 0 Å². The Labute approximate surface area is 142 Å². The summed E-state index contributed by atoms with van der Waals surface area (Å²) in [6.45, 7) is 2.08. The van der Waals surface area contributed by atoms with Gasteiger partial charge in [-0.15, -0.1) is 0 Å². The summed E-state index contributed by atoms with van der Waals surface area (Å²) in [5.74, 6) is 0.990. The maximum Gasteiger partial charge on any atom is 0.237 e. The third-order valence-corrected chi connectivity index (χ3v) is 4.99. The molecule has 1 atom stereocenters. The third kappa shape index (κ3) is 2.42. The molecule has 1 aliphatic heterocycles. The van der Waals surface area contributed by atoms with Crippen LogP contribution < -0.4 is 5.32 Å². The molecule has 0 saturated heterocycles. The zero-order valence-electron chi connectivity index (χ0n) is 14.0. The van der Waals surface area contributed by atoms with E-state index in [9.17, 15) is 4.79 Å². The quantitative estimate of drug-likeness (QED) is 0.945. The maximum absolute atomic E-state index is 12.9. The normalized spacial score (nSPS) is 21.5. The van der Waals surface area contributed by atoms with E-state index in [0.717, 1.165) is 28.8 Å². The van der Waals surface area contributed by atoms with Crippen LogP contribution in [0, 0.1) is 0 Å². The van der Waals surface area contributed by atoms with Gasteiger partial charge >= 0.3 is 0 Å². The zero-order valence-corrected chi connectivity index (χ0v) is 14.0. The van der Waals surface area contributed by atoms with E-state index in [4.69, 9.17) is 0 Å². The second-order valence-electron chi connectivity index (χ2n) is 6.51. The van der Waals surface area contributed by atoms with Crippen LogP contribution in [-0.2, 0) is 11.2 Å². The lowest BCUT2D eigenvalue weighted by atomic mass is 9.82. The molecule has 24 heavy (non-hydrogen) atoms. The van der Waals surface area contributed by atoms with E-state index in [-0.39, 0.29) is 11.8 Å². The summed E-state index contributed by atoms with van der Waals surface area (Å²) in [5, 5.41) is 2.97. The topological polar surface area (TPSA) is 54.4 Å². The van der Waals surface area contributed by atoms with Crippen molar-refractivity contribution in [2.45, 2.75) is 38.0 Å². The van der Waals surface area contributed by atoms with Gasteiger partial charge in [0.25, 0.3) is 0 Å². The number of aromatic nitrogens is 1. The number of hydrogen-bond donors (Lipinski definition) is 1. The molecular weight excluding hydrogens is 298 g/mol. The highest BCUT2D eigenvalue weighted by Gasteiger charge is 2.35. The minimum Gasteiger partial charge on any atom is -0.310 e. The van der Waals surface area contributed by atoms with Gasteiger partial charge in [-0.3, -0.25) is 14.8 Å². The number of amidine groups is 1. The van der Waals surface area contributed by atoms with E-state index in [0.29, 0.717) is 11.8 Å². The van der Waals surface area contributed by atoms with E-state index < -0.39 is 0 Å². The lowest BCUT2D eigenvalue weighted by molar-refractivity contribution is -0.120. The van der Waals surface area contributed by atoms with Gasteiger partial charge in [0.1, 0.15) is 5.84 Å². The fraction of sp³-hybridized carbons (Fsp3) is 0.350. The molecule has 2 aliphatic rings. The van der Waals surface area contributed by atoms with Gasteiger partial charge in [-0.05, 0) is 47.9 Å². The Bertz CT molecular complexity index is 837. The second kappa shape index (κ2) is 5.86. The number of amides is 1. The smallest absolute Gasteiger partial charge is 0.237 e. The Kier molecular flexibility index (Phi) is 3.68. The van der Waals surface area contributed by atoms with Crippen molar-refractivity contribution in [2.75, 3.05) is 7.05 Å². The van der Waals surface area contributed by atoms with Crippen molar-refractivity contribution in [2.24, 2.45) is 4.99 Å². The van der Waals surface area contributed by atoms with Crippen LogP contribution in [0.3, 0.4) is 0 Å². The lowest BCUT2D eigenvalue weighted by Gasteiger charge is -2.28. The van der Waals surface area contributed by atoms with Crippen LogP contribution in [0.5, 0.6) is 0 Å². The zero-order chi connectivity index (χ0) is 16.7.